The van der Waals surface area contributed by atoms with Gasteiger partial charge in [0.25, 0.3) is 11.8 Å². The number of hydrogen-bond acceptors (Lipinski definition) is 4. The molecule has 4 nitrogen and oxygen atoms in total. The molecule has 0 N–H and O–H groups in total. The van der Waals surface area contributed by atoms with Gasteiger partial charge in [-0.05, 0) is 56.4 Å². The highest BCUT2D eigenvalue weighted by molar-refractivity contribution is 7.22. The Morgan fingerprint density at radius 2 is 1.16 bits per heavy atom. The lowest BCUT2D eigenvalue weighted by Crippen LogP contribution is -2.36. The Morgan fingerprint density at radius 3 is 1.75 bits per heavy atom. The van der Waals surface area contributed by atoms with E-state index >= 15 is 0 Å². The van der Waals surface area contributed by atoms with Crippen molar-refractivity contribution in [2.45, 2.75) is 138 Å². The molecule has 0 atom stereocenters. The molecule has 2 aromatic rings. The van der Waals surface area contributed by atoms with Gasteiger partial charge in [-0.3, -0.25) is 9.59 Å². The van der Waals surface area contributed by atoms with Crippen LogP contribution < -0.4 is 0 Å². The number of carbonyl (C=O) groups excluding carboxylic acids is 2. The molecule has 44 heavy (non-hydrogen) atoms. The van der Waals surface area contributed by atoms with Crippen LogP contribution in [0.3, 0.4) is 0 Å². The summed E-state index contributed by atoms with van der Waals surface area (Å²) in [7, 11) is 0. The number of hydrogen-bond donors (Lipinski definition) is 0. The van der Waals surface area contributed by atoms with Crippen LogP contribution in [0.2, 0.25) is 0 Å². The summed E-state index contributed by atoms with van der Waals surface area (Å²) in [6.45, 7) is 19.3. The van der Waals surface area contributed by atoms with Crippen molar-refractivity contribution in [1.82, 2.24) is 9.80 Å². The summed E-state index contributed by atoms with van der Waals surface area (Å²) in [5, 5.41) is 0. The Balaban J connectivity index is 1.81. The van der Waals surface area contributed by atoms with Crippen molar-refractivity contribution in [1.29, 1.82) is 0 Å². The average molecular weight is 637 g/mol. The van der Waals surface area contributed by atoms with E-state index in [1.165, 1.54) is 21.1 Å². The fraction of sp³-hybridized carbons (Fsp3) is 0.632. The third kappa shape index (κ3) is 6.82. The topological polar surface area (TPSA) is 40.6 Å². The number of amides is 2. The third-order valence-electron chi connectivity index (χ3n) is 10.0. The van der Waals surface area contributed by atoms with Gasteiger partial charge >= 0.3 is 0 Å². The predicted octanol–water partition coefficient (Wildman–Crippen LogP) is 11.2. The lowest BCUT2D eigenvalue weighted by molar-refractivity contribution is -0.125. The van der Waals surface area contributed by atoms with E-state index in [0.29, 0.717) is 24.2 Å². The molecule has 0 bridgehead atoms. The summed E-state index contributed by atoms with van der Waals surface area (Å²) in [5.41, 5.74) is 3.10. The van der Waals surface area contributed by atoms with Gasteiger partial charge in [0.1, 0.15) is 0 Å². The monoisotopic (exact) mass is 636 g/mol. The molecule has 242 valence electrons. The molecule has 0 unspecified atom stereocenters. The summed E-state index contributed by atoms with van der Waals surface area (Å²) >= 11 is 3.62. The van der Waals surface area contributed by atoms with Gasteiger partial charge in [0, 0.05) is 44.2 Å². The van der Waals surface area contributed by atoms with Crippen LogP contribution in [0.25, 0.3) is 15.5 Å². The normalized spacial score (nSPS) is 15.9. The molecule has 4 heterocycles. The van der Waals surface area contributed by atoms with Gasteiger partial charge in [-0.15, -0.1) is 22.7 Å². The van der Waals surface area contributed by atoms with Crippen molar-refractivity contribution in [3.05, 3.63) is 50.9 Å². The lowest BCUT2D eigenvalue weighted by atomic mass is 9.81. The van der Waals surface area contributed by atoms with Gasteiger partial charge in [0.15, 0.2) is 0 Å². The maximum atomic E-state index is 14.5. The Morgan fingerprint density at radius 1 is 0.614 bits per heavy atom. The van der Waals surface area contributed by atoms with Crippen molar-refractivity contribution in [2.75, 3.05) is 13.1 Å². The van der Waals surface area contributed by atoms with Crippen molar-refractivity contribution in [3.8, 4) is 9.75 Å². The van der Waals surface area contributed by atoms with E-state index < -0.39 is 0 Å². The molecule has 0 saturated carbocycles. The Kier molecular flexibility index (Phi) is 11.8. The maximum absolute atomic E-state index is 14.5. The van der Waals surface area contributed by atoms with E-state index in [9.17, 15) is 9.59 Å². The fourth-order valence-corrected chi connectivity index (χ4v) is 9.36. The molecule has 0 spiro atoms. The van der Waals surface area contributed by atoms with Crippen LogP contribution in [0.15, 0.2) is 41.1 Å². The Bertz CT molecular complexity index is 1370. The van der Waals surface area contributed by atoms with E-state index in [1.807, 2.05) is 21.1 Å². The highest BCUT2D eigenvalue weighted by Crippen LogP contribution is 2.51. The highest BCUT2D eigenvalue weighted by Gasteiger charge is 2.51. The molecular formula is C38H56N2O2S2. The second kappa shape index (κ2) is 14.9. The van der Waals surface area contributed by atoms with Crippen molar-refractivity contribution in [2.24, 2.45) is 5.41 Å². The predicted molar refractivity (Wildman–Crippen MR) is 190 cm³/mol. The first-order chi connectivity index (χ1) is 21.1. The zero-order valence-corrected chi connectivity index (χ0v) is 30.4. The standard InChI is InChI=1S/C38H56N2O2S2/c1-9-14-16-18-25-39-33(29-21-20-27(43-29)28-22-23-30(44-28)38(8,12-4)13-5)31-32(36(39)42)34(37(6,7)24-11-3)40(35(31)41)26-19-17-15-10-2/h20-23H,9-19,24-26H2,1-8H3. The van der Waals surface area contributed by atoms with Crippen LogP contribution in [-0.4, -0.2) is 34.7 Å². The second-order valence-corrected chi connectivity index (χ2v) is 15.9. The highest BCUT2D eigenvalue weighted by atomic mass is 32.1. The first-order valence-electron chi connectivity index (χ1n) is 17.4. The SMILES string of the molecule is CCCCCCN1C(=O)C2=C(C(C)(C)CCC)N(CCCCCC)C(=O)C2=C1c1ccc(-c2ccc(C(C)(CC)CC)s2)s1. The molecule has 2 aliphatic rings. The number of nitrogens with zero attached hydrogens (tertiary/aromatic N) is 2. The van der Waals surface area contributed by atoms with Crippen LogP contribution >= 0.6 is 22.7 Å². The van der Waals surface area contributed by atoms with Crippen LogP contribution in [0.5, 0.6) is 0 Å². The third-order valence-corrected chi connectivity index (χ3v) is 12.7. The summed E-state index contributed by atoms with van der Waals surface area (Å²) in [5.74, 6) is 0.0650. The molecule has 0 aromatic carbocycles. The van der Waals surface area contributed by atoms with Gasteiger partial charge in [-0.2, -0.15) is 0 Å². The first-order valence-corrected chi connectivity index (χ1v) is 19.1. The number of thiophene rings is 2. The lowest BCUT2D eigenvalue weighted by Gasteiger charge is -2.34. The van der Waals surface area contributed by atoms with E-state index in [-0.39, 0.29) is 22.6 Å². The first kappa shape index (κ1) is 34.7. The van der Waals surface area contributed by atoms with Gasteiger partial charge in [-0.1, -0.05) is 100 Å². The largest absolute Gasteiger partial charge is 0.311 e. The molecule has 0 fully saturated rings. The Labute approximate surface area is 275 Å². The Hall–Kier alpha value is -2.18. The second-order valence-electron chi connectivity index (χ2n) is 13.7. The van der Waals surface area contributed by atoms with Crippen LogP contribution in [0.1, 0.15) is 142 Å². The molecular weight excluding hydrogens is 581 g/mol. The van der Waals surface area contributed by atoms with E-state index in [0.717, 1.165) is 86.9 Å². The fourth-order valence-electron chi connectivity index (χ4n) is 6.91. The molecule has 2 aliphatic heterocycles. The van der Waals surface area contributed by atoms with Crippen LogP contribution in [0, 0.1) is 5.41 Å². The average Bonchev–Trinajstić information content (AvgIpc) is 3.79. The minimum atomic E-state index is -0.259. The summed E-state index contributed by atoms with van der Waals surface area (Å²) in [6, 6.07) is 8.91. The smallest absolute Gasteiger partial charge is 0.261 e. The van der Waals surface area contributed by atoms with E-state index in [1.54, 1.807) is 11.3 Å². The van der Waals surface area contributed by atoms with Gasteiger partial charge in [-0.25, -0.2) is 0 Å². The molecule has 0 radical (unpaired) electrons. The number of rotatable bonds is 18. The van der Waals surface area contributed by atoms with Gasteiger partial charge in [0.05, 0.1) is 21.7 Å². The van der Waals surface area contributed by atoms with Gasteiger partial charge in [0.2, 0.25) is 0 Å². The van der Waals surface area contributed by atoms with E-state index in [2.05, 4.69) is 79.7 Å². The molecule has 0 aliphatic carbocycles. The molecule has 2 aromatic heterocycles. The summed E-state index contributed by atoms with van der Waals surface area (Å²) in [6.07, 6.45) is 12.9. The number of allylic oxidation sites excluding steroid dienone is 1. The zero-order chi connectivity index (χ0) is 32.1. The number of carbonyl (C=O) groups is 2. The van der Waals surface area contributed by atoms with E-state index in [4.69, 9.17) is 0 Å². The van der Waals surface area contributed by atoms with Crippen molar-refractivity contribution in [3.63, 3.8) is 0 Å². The zero-order valence-electron chi connectivity index (χ0n) is 28.7. The molecule has 0 saturated heterocycles. The van der Waals surface area contributed by atoms with Crippen molar-refractivity contribution >= 4 is 40.2 Å². The maximum Gasteiger partial charge on any atom is 0.261 e. The summed E-state index contributed by atoms with van der Waals surface area (Å²) < 4.78 is 0. The minimum absolute atomic E-state index is 0.0325. The van der Waals surface area contributed by atoms with Crippen molar-refractivity contribution < 1.29 is 9.59 Å². The van der Waals surface area contributed by atoms with Gasteiger partial charge < -0.3 is 9.80 Å². The molecule has 2 amide bonds. The number of unbranched alkanes of at least 4 members (excludes halogenated alkanes) is 6. The molecule has 4 rings (SSSR count). The minimum Gasteiger partial charge on any atom is -0.311 e. The molecule has 6 heteroatoms. The van der Waals surface area contributed by atoms with Crippen LogP contribution in [0.4, 0.5) is 0 Å². The summed E-state index contributed by atoms with van der Waals surface area (Å²) in [4.78, 5) is 37.9. The van der Waals surface area contributed by atoms with Crippen LogP contribution in [-0.2, 0) is 15.0 Å². The number of fused-ring (bicyclic) bond motifs is 1. The quantitative estimate of drug-likeness (QED) is 0.153.